The third-order valence-corrected chi connectivity index (χ3v) is 4.30. The Bertz CT molecular complexity index is 694. The van der Waals surface area contributed by atoms with E-state index in [4.69, 9.17) is 4.74 Å². The molecule has 0 saturated carbocycles. The third kappa shape index (κ3) is 3.20. The lowest BCUT2D eigenvalue weighted by Gasteiger charge is -2.33. The molecule has 0 saturated heterocycles. The quantitative estimate of drug-likeness (QED) is 0.818. The molecule has 2 nitrogen and oxygen atoms in total. The van der Waals surface area contributed by atoms with Crippen LogP contribution >= 0.6 is 0 Å². The van der Waals surface area contributed by atoms with Gasteiger partial charge in [0, 0.05) is 19.0 Å². The van der Waals surface area contributed by atoms with Crippen molar-refractivity contribution in [3.8, 4) is 5.75 Å². The Kier molecular flexibility index (Phi) is 4.06. The molecule has 0 aliphatic carbocycles. The van der Waals surface area contributed by atoms with Crippen molar-refractivity contribution < 1.29 is 17.9 Å². The van der Waals surface area contributed by atoms with Crippen LogP contribution in [0.4, 0.5) is 13.2 Å². The summed E-state index contributed by atoms with van der Waals surface area (Å²) >= 11 is 0. The van der Waals surface area contributed by atoms with Gasteiger partial charge in [-0.3, -0.25) is 0 Å². The first-order chi connectivity index (χ1) is 10.9. The van der Waals surface area contributed by atoms with Gasteiger partial charge in [0.05, 0.1) is 12.7 Å². The largest absolute Gasteiger partial charge is 0.497 e. The highest BCUT2D eigenvalue weighted by molar-refractivity contribution is 5.44. The zero-order valence-electron chi connectivity index (χ0n) is 13.0. The molecule has 3 rings (SSSR count). The molecule has 2 aromatic rings. The van der Waals surface area contributed by atoms with Gasteiger partial charge < -0.3 is 9.64 Å². The molecule has 5 heteroatoms. The molecule has 23 heavy (non-hydrogen) atoms. The fourth-order valence-corrected chi connectivity index (χ4v) is 3.14. The number of likely N-dealkylation sites (N-methyl/N-ethyl adjacent to an activating group) is 1. The lowest BCUT2D eigenvalue weighted by atomic mass is 9.84. The van der Waals surface area contributed by atoms with E-state index in [2.05, 4.69) is 4.90 Å². The Morgan fingerprint density at radius 3 is 2.39 bits per heavy atom. The maximum atomic E-state index is 12.7. The lowest BCUT2D eigenvalue weighted by molar-refractivity contribution is -0.137. The summed E-state index contributed by atoms with van der Waals surface area (Å²) < 4.78 is 43.4. The third-order valence-electron chi connectivity index (χ3n) is 4.30. The number of benzene rings is 2. The predicted molar refractivity (Wildman–Crippen MR) is 82.6 cm³/mol. The van der Waals surface area contributed by atoms with Gasteiger partial charge in [0.25, 0.3) is 0 Å². The molecule has 2 aromatic carbocycles. The maximum Gasteiger partial charge on any atom is 0.416 e. The summed E-state index contributed by atoms with van der Waals surface area (Å²) in [5.74, 6) is 0.863. The minimum absolute atomic E-state index is 0.0666. The van der Waals surface area contributed by atoms with Crippen LogP contribution in [-0.2, 0) is 12.7 Å². The van der Waals surface area contributed by atoms with Gasteiger partial charge in [0.1, 0.15) is 5.75 Å². The first kappa shape index (κ1) is 15.9. The van der Waals surface area contributed by atoms with Gasteiger partial charge in [-0.15, -0.1) is 0 Å². The minimum atomic E-state index is -4.30. The second-order valence-corrected chi connectivity index (χ2v) is 5.93. The van der Waals surface area contributed by atoms with Gasteiger partial charge in [-0.2, -0.15) is 13.2 Å². The molecule has 1 aliphatic rings. The fraction of sp³-hybridized carbons (Fsp3) is 0.333. The number of rotatable bonds is 2. The molecule has 0 bridgehead atoms. The normalized spacial score (nSPS) is 18.6. The molecule has 1 unspecified atom stereocenters. The van der Waals surface area contributed by atoms with E-state index < -0.39 is 11.7 Å². The van der Waals surface area contributed by atoms with Crippen LogP contribution in [0.5, 0.6) is 5.75 Å². The average Bonchev–Trinajstić information content (AvgIpc) is 2.52. The van der Waals surface area contributed by atoms with E-state index in [-0.39, 0.29) is 5.92 Å². The van der Waals surface area contributed by atoms with Gasteiger partial charge in [0.2, 0.25) is 0 Å². The van der Waals surface area contributed by atoms with Crippen LogP contribution < -0.4 is 4.74 Å². The number of fused-ring (bicyclic) bond motifs is 1. The predicted octanol–water partition coefficient (Wildman–Crippen LogP) is 4.29. The van der Waals surface area contributed by atoms with E-state index in [0.717, 1.165) is 47.7 Å². The summed E-state index contributed by atoms with van der Waals surface area (Å²) in [7, 11) is 3.64. The van der Waals surface area contributed by atoms with Crippen LogP contribution in [-0.4, -0.2) is 25.6 Å². The number of alkyl halides is 3. The molecule has 122 valence electrons. The van der Waals surface area contributed by atoms with Crippen molar-refractivity contribution in [1.29, 1.82) is 0 Å². The molecule has 1 atom stereocenters. The van der Waals surface area contributed by atoms with Crippen molar-refractivity contribution in [2.24, 2.45) is 0 Å². The van der Waals surface area contributed by atoms with Crippen LogP contribution in [0, 0.1) is 0 Å². The van der Waals surface area contributed by atoms with Crippen LogP contribution in [0.25, 0.3) is 0 Å². The Morgan fingerprint density at radius 2 is 1.78 bits per heavy atom. The summed E-state index contributed by atoms with van der Waals surface area (Å²) in [6, 6.07) is 11.4. The highest BCUT2D eigenvalue weighted by Gasteiger charge is 2.31. The Hall–Kier alpha value is -2.01. The topological polar surface area (TPSA) is 12.5 Å². The van der Waals surface area contributed by atoms with Crippen molar-refractivity contribution in [2.45, 2.75) is 18.6 Å². The molecule has 1 aliphatic heterocycles. The lowest BCUT2D eigenvalue weighted by Crippen LogP contribution is -2.31. The van der Waals surface area contributed by atoms with E-state index in [1.54, 1.807) is 19.2 Å². The van der Waals surface area contributed by atoms with Crippen molar-refractivity contribution in [2.75, 3.05) is 20.7 Å². The average molecular weight is 321 g/mol. The van der Waals surface area contributed by atoms with Crippen LogP contribution in [0.2, 0.25) is 0 Å². The zero-order valence-corrected chi connectivity index (χ0v) is 13.0. The smallest absolute Gasteiger partial charge is 0.416 e. The Balaban J connectivity index is 1.97. The van der Waals surface area contributed by atoms with Gasteiger partial charge in [-0.1, -0.05) is 18.2 Å². The number of methoxy groups -OCH3 is 1. The Labute approximate surface area is 133 Å². The summed E-state index contributed by atoms with van der Waals surface area (Å²) in [6.45, 7) is 1.59. The molecule has 0 spiro atoms. The minimum Gasteiger partial charge on any atom is -0.497 e. The number of hydrogen-bond donors (Lipinski definition) is 0. The van der Waals surface area contributed by atoms with E-state index in [9.17, 15) is 13.2 Å². The maximum absolute atomic E-state index is 12.7. The summed E-state index contributed by atoms with van der Waals surface area (Å²) in [5.41, 5.74) is 2.60. The molecule has 1 heterocycles. The molecular formula is C18H18F3NO. The van der Waals surface area contributed by atoms with Crippen molar-refractivity contribution >= 4 is 0 Å². The second kappa shape index (κ2) is 5.89. The van der Waals surface area contributed by atoms with Gasteiger partial charge in [-0.25, -0.2) is 0 Å². The van der Waals surface area contributed by atoms with Crippen LogP contribution in [0.1, 0.15) is 28.2 Å². The summed E-state index contributed by atoms with van der Waals surface area (Å²) in [5, 5.41) is 0. The van der Waals surface area contributed by atoms with E-state index >= 15 is 0 Å². The zero-order chi connectivity index (χ0) is 16.6. The first-order valence-electron chi connectivity index (χ1n) is 7.41. The monoisotopic (exact) mass is 321 g/mol. The second-order valence-electron chi connectivity index (χ2n) is 5.93. The summed E-state index contributed by atoms with van der Waals surface area (Å²) in [6.07, 6.45) is -4.30. The molecule has 0 fully saturated rings. The number of ether oxygens (including phenoxy) is 1. The number of nitrogens with zero attached hydrogens (tertiary/aromatic N) is 1. The van der Waals surface area contributed by atoms with Gasteiger partial charge >= 0.3 is 6.18 Å². The molecule has 0 N–H and O–H groups in total. The van der Waals surface area contributed by atoms with E-state index in [0.29, 0.717) is 0 Å². The highest BCUT2D eigenvalue weighted by atomic mass is 19.4. The van der Waals surface area contributed by atoms with Crippen LogP contribution in [0.3, 0.4) is 0 Å². The summed E-state index contributed by atoms with van der Waals surface area (Å²) in [4.78, 5) is 2.17. The van der Waals surface area contributed by atoms with Crippen LogP contribution in [0.15, 0.2) is 42.5 Å². The number of halogens is 3. The standard InChI is InChI=1S/C18H18F3NO/c1-22-10-13-9-15(23-2)7-8-16(13)17(11-22)12-3-5-14(6-4-12)18(19,20)21/h3-9,17H,10-11H2,1-2H3. The SMILES string of the molecule is COc1ccc2c(c1)CN(C)CC2c1ccc(C(F)(F)F)cc1. The van der Waals surface area contributed by atoms with Crippen molar-refractivity contribution in [3.63, 3.8) is 0 Å². The highest BCUT2D eigenvalue weighted by Crippen LogP contribution is 2.36. The van der Waals surface area contributed by atoms with Gasteiger partial charge in [0.15, 0.2) is 0 Å². The fourth-order valence-electron chi connectivity index (χ4n) is 3.14. The molecule has 0 aromatic heterocycles. The molecular weight excluding hydrogens is 303 g/mol. The van der Waals surface area contributed by atoms with Gasteiger partial charge in [-0.05, 0) is 48.0 Å². The molecule has 0 amide bonds. The van der Waals surface area contributed by atoms with E-state index in [1.165, 1.54) is 0 Å². The van der Waals surface area contributed by atoms with Crippen molar-refractivity contribution in [1.82, 2.24) is 4.90 Å². The first-order valence-corrected chi connectivity index (χ1v) is 7.41. The Morgan fingerprint density at radius 1 is 1.09 bits per heavy atom. The van der Waals surface area contributed by atoms with Crippen molar-refractivity contribution in [3.05, 3.63) is 64.7 Å². The van der Waals surface area contributed by atoms with E-state index in [1.807, 2.05) is 25.2 Å². The number of hydrogen-bond acceptors (Lipinski definition) is 2. The molecule has 0 radical (unpaired) electrons.